The van der Waals surface area contributed by atoms with Gasteiger partial charge in [-0.15, -0.1) is 0 Å². The van der Waals surface area contributed by atoms with Gasteiger partial charge in [0.1, 0.15) is 5.60 Å². The molecule has 2 aromatic carbocycles. The second-order valence-electron chi connectivity index (χ2n) is 8.49. The molecular formula is C24H27N3O6. The summed E-state index contributed by atoms with van der Waals surface area (Å²) in [6.07, 6.45) is 0.641. The van der Waals surface area contributed by atoms with E-state index in [1.807, 2.05) is 0 Å². The van der Waals surface area contributed by atoms with Crippen molar-refractivity contribution in [1.29, 1.82) is 0 Å². The Kier molecular flexibility index (Phi) is 7.32. The first-order valence-corrected chi connectivity index (χ1v) is 10.6. The molecule has 9 nitrogen and oxygen atoms in total. The van der Waals surface area contributed by atoms with Crippen LogP contribution in [0.1, 0.15) is 44.0 Å². The molecule has 3 amide bonds. The van der Waals surface area contributed by atoms with Gasteiger partial charge in [0.05, 0.1) is 16.9 Å². The quantitative estimate of drug-likeness (QED) is 0.640. The fraction of sp³-hybridized carbons (Fsp3) is 0.333. The Morgan fingerprint density at radius 2 is 1.70 bits per heavy atom. The van der Waals surface area contributed by atoms with Crippen LogP contribution in [0.2, 0.25) is 0 Å². The number of nitrogens with zero attached hydrogens (tertiary/aromatic N) is 1. The van der Waals surface area contributed by atoms with Gasteiger partial charge in [-0.25, -0.2) is 9.59 Å². The number of anilines is 3. The molecule has 0 spiro atoms. The number of benzene rings is 2. The van der Waals surface area contributed by atoms with Crippen LogP contribution < -0.4 is 15.5 Å². The number of amides is 3. The Morgan fingerprint density at radius 3 is 2.33 bits per heavy atom. The lowest BCUT2D eigenvalue weighted by Gasteiger charge is -2.20. The normalized spacial score (nSPS) is 13.4. The summed E-state index contributed by atoms with van der Waals surface area (Å²) in [5.41, 5.74) is 1.14. The Hall–Kier alpha value is -3.88. The molecule has 0 saturated carbocycles. The van der Waals surface area contributed by atoms with E-state index in [1.54, 1.807) is 49.9 Å². The average Bonchev–Trinajstić information content (AvgIpc) is 3.17. The van der Waals surface area contributed by atoms with Crippen LogP contribution in [0, 0.1) is 0 Å². The number of esters is 1. The first-order valence-electron chi connectivity index (χ1n) is 10.6. The predicted octanol–water partition coefficient (Wildman–Crippen LogP) is 3.96. The number of carbonyl (C=O) groups is 4. The van der Waals surface area contributed by atoms with Gasteiger partial charge >= 0.3 is 12.1 Å². The Labute approximate surface area is 192 Å². The van der Waals surface area contributed by atoms with Crippen molar-refractivity contribution in [2.24, 2.45) is 0 Å². The molecule has 33 heavy (non-hydrogen) atoms. The van der Waals surface area contributed by atoms with E-state index in [9.17, 15) is 19.2 Å². The smallest absolute Gasteiger partial charge is 0.412 e. The SMILES string of the molecule is CC(C)(C)OC(=O)Nc1ccc(C(=O)OCC(=O)Nc2ccccc2N2CCCC2=O)cc1. The fourth-order valence-electron chi connectivity index (χ4n) is 3.23. The van der Waals surface area contributed by atoms with Gasteiger partial charge in [0.25, 0.3) is 5.91 Å². The van der Waals surface area contributed by atoms with Crippen molar-refractivity contribution in [3.05, 3.63) is 54.1 Å². The summed E-state index contributed by atoms with van der Waals surface area (Å²) in [5, 5.41) is 5.26. The lowest BCUT2D eigenvalue weighted by Crippen LogP contribution is -2.27. The Bertz CT molecular complexity index is 1040. The molecule has 2 aromatic rings. The maximum absolute atomic E-state index is 12.3. The number of ether oxygens (including phenoxy) is 2. The molecule has 174 valence electrons. The van der Waals surface area contributed by atoms with Crippen molar-refractivity contribution in [2.75, 3.05) is 28.7 Å². The van der Waals surface area contributed by atoms with Gasteiger partial charge < -0.3 is 19.7 Å². The standard InChI is InChI=1S/C24H27N3O6/c1-24(2,3)33-23(31)25-17-12-10-16(11-13-17)22(30)32-15-20(28)26-18-7-4-5-8-19(18)27-14-6-9-21(27)29/h4-5,7-8,10-13H,6,9,14-15H2,1-3H3,(H,25,31)(H,26,28). The monoisotopic (exact) mass is 453 g/mol. The number of hydrogen-bond donors (Lipinski definition) is 2. The van der Waals surface area contributed by atoms with Crippen LogP contribution in [0.25, 0.3) is 0 Å². The number of nitrogens with one attached hydrogen (secondary N) is 2. The second-order valence-corrected chi connectivity index (χ2v) is 8.49. The summed E-state index contributed by atoms with van der Waals surface area (Å²) in [5.74, 6) is -1.20. The molecule has 1 saturated heterocycles. The van der Waals surface area contributed by atoms with Crippen LogP contribution in [-0.2, 0) is 19.1 Å². The number of rotatable bonds is 6. The first-order chi connectivity index (χ1) is 15.6. The van der Waals surface area contributed by atoms with Crippen LogP contribution >= 0.6 is 0 Å². The van der Waals surface area contributed by atoms with Crippen molar-refractivity contribution in [3.8, 4) is 0 Å². The zero-order chi connectivity index (χ0) is 24.0. The maximum atomic E-state index is 12.3. The van der Waals surface area contributed by atoms with Crippen LogP contribution in [0.5, 0.6) is 0 Å². The van der Waals surface area contributed by atoms with E-state index in [4.69, 9.17) is 9.47 Å². The molecular weight excluding hydrogens is 426 g/mol. The van der Waals surface area contributed by atoms with E-state index < -0.39 is 30.2 Å². The minimum Gasteiger partial charge on any atom is -0.452 e. The largest absolute Gasteiger partial charge is 0.452 e. The highest BCUT2D eigenvalue weighted by atomic mass is 16.6. The summed E-state index contributed by atoms with van der Waals surface area (Å²) >= 11 is 0. The maximum Gasteiger partial charge on any atom is 0.412 e. The average molecular weight is 453 g/mol. The van der Waals surface area contributed by atoms with E-state index in [0.717, 1.165) is 6.42 Å². The lowest BCUT2D eigenvalue weighted by atomic mass is 10.2. The zero-order valence-corrected chi connectivity index (χ0v) is 18.8. The molecule has 1 heterocycles. The van der Waals surface area contributed by atoms with Crippen molar-refractivity contribution >= 4 is 40.9 Å². The highest BCUT2D eigenvalue weighted by molar-refractivity contribution is 6.03. The van der Waals surface area contributed by atoms with E-state index in [-0.39, 0.29) is 11.5 Å². The molecule has 0 atom stereocenters. The van der Waals surface area contributed by atoms with Gasteiger partial charge in [-0.1, -0.05) is 12.1 Å². The van der Waals surface area contributed by atoms with Gasteiger partial charge in [0.15, 0.2) is 6.61 Å². The second kappa shape index (κ2) is 10.2. The summed E-state index contributed by atoms with van der Waals surface area (Å²) in [7, 11) is 0. The highest BCUT2D eigenvalue weighted by Crippen LogP contribution is 2.29. The molecule has 1 fully saturated rings. The molecule has 0 radical (unpaired) electrons. The van der Waals surface area contributed by atoms with Gasteiger partial charge in [-0.05, 0) is 63.6 Å². The van der Waals surface area contributed by atoms with Crippen LogP contribution in [0.4, 0.5) is 21.9 Å². The van der Waals surface area contributed by atoms with E-state index >= 15 is 0 Å². The van der Waals surface area contributed by atoms with Gasteiger partial charge in [0, 0.05) is 18.7 Å². The van der Waals surface area contributed by atoms with E-state index in [0.29, 0.717) is 30.0 Å². The Morgan fingerprint density at radius 1 is 1.00 bits per heavy atom. The van der Waals surface area contributed by atoms with Crippen molar-refractivity contribution in [2.45, 2.75) is 39.2 Å². The molecule has 1 aliphatic heterocycles. The van der Waals surface area contributed by atoms with E-state index in [2.05, 4.69) is 10.6 Å². The summed E-state index contributed by atoms with van der Waals surface area (Å²) in [4.78, 5) is 50.1. The molecule has 0 aromatic heterocycles. The summed E-state index contributed by atoms with van der Waals surface area (Å²) in [6.45, 7) is 5.38. The third-order valence-electron chi connectivity index (χ3n) is 4.64. The minimum atomic E-state index is -0.683. The molecule has 0 unspecified atom stereocenters. The molecule has 0 aliphatic carbocycles. The molecule has 3 rings (SSSR count). The number of hydrogen-bond acceptors (Lipinski definition) is 6. The summed E-state index contributed by atoms with van der Waals surface area (Å²) in [6, 6.07) is 13.0. The first kappa shape index (κ1) is 23.8. The Balaban J connectivity index is 1.52. The molecule has 9 heteroatoms. The summed E-state index contributed by atoms with van der Waals surface area (Å²) < 4.78 is 10.3. The van der Waals surface area contributed by atoms with Gasteiger partial charge in [-0.3, -0.25) is 14.9 Å². The van der Waals surface area contributed by atoms with Crippen molar-refractivity contribution in [1.82, 2.24) is 0 Å². The van der Waals surface area contributed by atoms with Crippen LogP contribution in [-0.4, -0.2) is 42.6 Å². The van der Waals surface area contributed by atoms with Crippen LogP contribution in [0.3, 0.4) is 0 Å². The third-order valence-corrected chi connectivity index (χ3v) is 4.64. The van der Waals surface area contributed by atoms with Gasteiger partial charge in [-0.2, -0.15) is 0 Å². The topological polar surface area (TPSA) is 114 Å². The lowest BCUT2D eigenvalue weighted by molar-refractivity contribution is -0.119. The van der Waals surface area contributed by atoms with Crippen LogP contribution in [0.15, 0.2) is 48.5 Å². The highest BCUT2D eigenvalue weighted by Gasteiger charge is 2.24. The molecule has 2 N–H and O–H groups in total. The zero-order valence-electron chi connectivity index (χ0n) is 18.8. The molecule has 1 aliphatic rings. The van der Waals surface area contributed by atoms with E-state index in [1.165, 1.54) is 24.3 Å². The number of para-hydroxylation sites is 2. The molecule has 0 bridgehead atoms. The van der Waals surface area contributed by atoms with Crippen molar-refractivity contribution < 1.29 is 28.7 Å². The predicted molar refractivity (Wildman–Crippen MR) is 123 cm³/mol. The fourth-order valence-corrected chi connectivity index (χ4v) is 3.23. The third kappa shape index (κ3) is 6.80. The van der Waals surface area contributed by atoms with Crippen molar-refractivity contribution in [3.63, 3.8) is 0 Å². The van der Waals surface area contributed by atoms with Gasteiger partial charge in [0.2, 0.25) is 5.91 Å². The number of carbonyl (C=O) groups excluding carboxylic acids is 4. The minimum absolute atomic E-state index is 0.00716.